The van der Waals surface area contributed by atoms with Crippen molar-refractivity contribution in [2.75, 3.05) is 0 Å². The highest BCUT2D eigenvalue weighted by Crippen LogP contribution is 2.46. The molecule has 1 fully saturated rings. The second-order valence-electron chi connectivity index (χ2n) is 6.82. The maximum Gasteiger partial charge on any atom is 0.113 e. The fourth-order valence-electron chi connectivity index (χ4n) is 3.79. The highest BCUT2D eigenvalue weighted by atomic mass is 15.1. The molecule has 2 aromatic rings. The van der Waals surface area contributed by atoms with Gasteiger partial charge in [0.15, 0.2) is 0 Å². The molecular weight excluding hydrogens is 258 g/mol. The predicted octanol–water partition coefficient (Wildman–Crippen LogP) is 4.61. The van der Waals surface area contributed by atoms with Gasteiger partial charge in [0, 0.05) is 12.5 Å². The second-order valence-corrected chi connectivity index (χ2v) is 6.82. The topological polar surface area (TPSA) is 41.6 Å². The Balaban J connectivity index is 2.15. The third-order valence-corrected chi connectivity index (χ3v) is 5.04. The number of nitrogens with zero attached hydrogens (tertiary/aromatic N) is 3. The molecule has 0 spiro atoms. The molecule has 1 atom stereocenters. The van der Waals surface area contributed by atoms with Crippen LogP contribution in [0.2, 0.25) is 0 Å². The summed E-state index contributed by atoms with van der Waals surface area (Å²) in [6, 6.07) is 8.07. The SMILES string of the molecule is CCn1c(C2CCCCC2(C)C)nc2cc(C#N)ccc21. The minimum Gasteiger partial charge on any atom is -0.328 e. The Kier molecular flexibility index (Phi) is 3.49. The summed E-state index contributed by atoms with van der Waals surface area (Å²) in [6.45, 7) is 7.86. The first-order valence-electron chi connectivity index (χ1n) is 7.97. The summed E-state index contributed by atoms with van der Waals surface area (Å²) in [6.07, 6.45) is 5.12. The Hall–Kier alpha value is -1.82. The van der Waals surface area contributed by atoms with Crippen molar-refractivity contribution in [2.24, 2.45) is 5.41 Å². The first-order chi connectivity index (χ1) is 10.1. The average molecular weight is 281 g/mol. The van der Waals surface area contributed by atoms with E-state index in [4.69, 9.17) is 10.2 Å². The average Bonchev–Trinajstić information content (AvgIpc) is 2.83. The molecule has 1 aliphatic rings. The summed E-state index contributed by atoms with van der Waals surface area (Å²) in [5.41, 5.74) is 3.13. The van der Waals surface area contributed by atoms with Gasteiger partial charge in [0.2, 0.25) is 0 Å². The van der Waals surface area contributed by atoms with Crippen molar-refractivity contribution < 1.29 is 0 Å². The van der Waals surface area contributed by atoms with Gasteiger partial charge in [-0.05, 0) is 43.4 Å². The molecule has 110 valence electrons. The van der Waals surface area contributed by atoms with E-state index in [1.807, 2.05) is 18.2 Å². The van der Waals surface area contributed by atoms with Crippen molar-refractivity contribution in [1.29, 1.82) is 5.26 Å². The van der Waals surface area contributed by atoms with E-state index >= 15 is 0 Å². The van der Waals surface area contributed by atoms with E-state index in [0.717, 1.165) is 17.6 Å². The molecule has 0 aliphatic heterocycles. The van der Waals surface area contributed by atoms with Crippen LogP contribution in [0.15, 0.2) is 18.2 Å². The number of hydrogen-bond acceptors (Lipinski definition) is 2. The van der Waals surface area contributed by atoms with Crippen LogP contribution in [-0.2, 0) is 6.54 Å². The summed E-state index contributed by atoms with van der Waals surface area (Å²) in [4.78, 5) is 4.92. The van der Waals surface area contributed by atoms with Gasteiger partial charge in [0.25, 0.3) is 0 Å². The van der Waals surface area contributed by atoms with Crippen molar-refractivity contribution in [2.45, 2.75) is 58.9 Å². The van der Waals surface area contributed by atoms with Crippen LogP contribution in [-0.4, -0.2) is 9.55 Å². The fourth-order valence-corrected chi connectivity index (χ4v) is 3.79. The van der Waals surface area contributed by atoms with Crippen LogP contribution < -0.4 is 0 Å². The van der Waals surface area contributed by atoms with Gasteiger partial charge in [-0.1, -0.05) is 26.7 Å². The number of aryl methyl sites for hydroxylation is 1. The molecule has 0 bridgehead atoms. The van der Waals surface area contributed by atoms with Crippen molar-refractivity contribution in [1.82, 2.24) is 9.55 Å². The van der Waals surface area contributed by atoms with E-state index in [0.29, 0.717) is 16.9 Å². The predicted molar refractivity (Wildman–Crippen MR) is 85.1 cm³/mol. The number of nitriles is 1. The summed E-state index contributed by atoms with van der Waals surface area (Å²) in [7, 11) is 0. The quantitative estimate of drug-likeness (QED) is 0.806. The number of hydrogen-bond donors (Lipinski definition) is 0. The van der Waals surface area contributed by atoms with Crippen LogP contribution in [0.3, 0.4) is 0 Å². The minimum absolute atomic E-state index is 0.310. The standard InChI is InChI=1S/C18H23N3/c1-4-21-16-9-8-13(12-19)11-15(16)20-17(21)14-7-5-6-10-18(14,2)3/h8-9,11,14H,4-7,10H2,1-3H3. The van der Waals surface area contributed by atoms with Crippen LogP contribution in [0.25, 0.3) is 11.0 Å². The Labute approximate surface area is 126 Å². The zero-order chi connectivity index (χ0) is 15.0. The van der Waals surface area contributed by atoms with Crippen LogP contribution in [0.5, 0.6) is 0 Å². The molecule has 1 aromatic carbocycles. The third-order valence-electron chi connectivity index (χ3n) is 5.04. The number of imidazole rings is 1. The molecule has 1 heterocycles. The lowest BCUT2D eigenvalue weighted by Crippen LogP contribution is -2.28. The van der Waals surface area contributed by atoms with E-state index in [1.165, 1.54) is 31.5 Å². The molecule has 3 heteroatoms. The van der Waals surface area contributed by atoms with Crippen LogP contribution in [0, 0.1) is 16.7 Å². The highest BCUT2D eigenvalue weighted by Gasteiger charge is 2.36. The summed E-state index contributed by atoms with van der Waals surface area (Å²) in [5, 5.41) is 9.08. The maximum atomic E-state index is 9.08. The largest absolute Gasteiger partial charge is 0.328 e. The Morgan fingerprint density at radius 2 is 2.19 bits per heavy atom. The number of aromatic nitrogens is 2. The van der Waals surface area contributed by atoms with Gasteiger partial charge in [-0.2, -0.15) is 5.26 Å². The van der Waals surface area contributed by atoms with Gasteiger partial charge in [-0.3, -0.25) is 0 Å². The van der Waals surface area contributed by atoms with Crippen LogP contribution in [0.1, 0.15) is 63.8 Å². The Morgan fingerprint density at radius 3 is 2.86 bits per heavy atom. The Bertz CT molecular complexity index is 703. The third kappa shape index (κ3) is 2.33. The molecule has 1 aliphatic carbocycles. The van der Waals surface area contributed by atoms with Gasteiger partial charge in [-0.25, -0.2) is 4.98 Å². The van der Waals surface area contributed by atoms with E-state index in [9.17, 15) is 0 Å². The van der Waals surface area contributed by atoms with Gasteiger partial charge in [0.05, 0.1) is 22.7 Å². The van der Waals surface area contributed by atoms with Gasteiger partial charge < -0.3 is 4.57 Å². The molecule has 0 saturated heterocycles. The maximum absolute atomic E-state index is 9.08. The van der Waals surface area contributed by atoms with E-state index in [1.54, 1.807) is 0 Å². The van der Waals surface area contributed by atoms with Crippen molar-refractivity contribution in [3.63, 3.8) is 0 Å². The summed E-state index contributed by atoms with van der Waals surface area (Å²) >= 11 is 0. The molecule has 3 rings (SSSR count). The van der Waals surface area contributed by atoms with E-state index in [2.05, 4.69) is 31.4 Å². The molecule has 1 saturated carbocycles. The minimum atomic E-state index is 0.310. The lowest BCUT2D eigenvalue weighted by Gasteiger charge is -2.38. The number of benzene rings is 1. The molecular formula is C18H23N3. The molecule has 1 aromatic heterocycles. The summed E-state index contributed by atoms with van der Waals surface area (Å²) in [5.74, 6) is 1.73. The molecule has 21 heavy (non-hydrogen) atoms. The molecule has 0 amide bonds. The lowest BCUT2D eigenvalue weighted by molar-refractivity contribution is 0.189. The summed E-state index contributed by atoms with van der Waals surface area (Å²) < 4.78 is 2.34. The molecule has 0 N–H and O–H groups in total. The fraction of sp³-hybridized carbons (Fsp3) is 0.556. The first-order valence-corrected chi connectivity index (χ1v) is 7.97. The molecule has 3 nitrogen and oxygen atoms in total. The van der Waals surface area contributed by atoms with Gasteiger partial charge in [-0.15, -0.1) is 0 Å². The second kappa shape index (κ2) is 5.18. The molecule has 0 radical (unpaired) electrons. The van der Waals surface area contributed by atoms with Crippen LogP contribution in [0.4, 0.5) is 0 Å². The van der Waals surface area contributed by atoms with Gasteiger partial charge in [0.1, 0.15) is 5.82 Å². The van der Waals surface area contributed by atoms with Crippen molar-refractivity contribution >= 4 is 11.0 Å². The van der Waals surface area contributed by atoms with E-state index in [-0.39, 0.29) is 0 Å². The van der Waals surface area contributed by atoms with Crippen LogP contribution >= 0.6 is 0 Å². The normalized spacial score (nSPS) is 21.3. The van der Waals surface area contributed by atoms with E-state index < -0.39 is 0 Å². The number of fused-ring (bicyclic) bond motifs is 1. The first kappa shape index (κ1) is 14.1. The smallest absolute Gasteiger partial charge is 0.113 e. The Morgan fingerprint density at radius 1 is 1.38 bits per heavy atom. The van der Waals surface area contributed by atoms with Crippen molar-refractivity contribution in [3.8, 4) is 6.07 Å². The van der Waals surface area contributed by atoms with Crippen molar-refractivity contribution in [3.05, 3.63) is 29.6 Å². The number of rotatable bonds is 2. The zero-order valence-electron chi connectivity index (χ0n) is 13.2. The highest BCUT2D eigenvalue weighted by molar-refractivity contribution is 5.78. The lowest BCUT2D eigenvalue weighted by atomic mass is 9.68. The zero-order valence-corrected chi connectivity index (χ0v) is 13.2. The van der Waals surface area contributed by atoms with Gasteiger partial charge >= 0.3 is 0 Å². The monoisotopic (exact) mass is 281 g/mol. The molecule has 1 unspecified atom stereocenters.